The van der Waals surface area contributed by atoms with Crippen molar-refractivity contribution in [2.45, 2.75) is 39.5 Å². The highest BCUT2D eigenvalue weighted by atomic mass is 32.1. The van der Waals surface area contributed by atoms with Gasteiger partial charge in [-0.3, -0.25) is 4.79 Å². The summed E-state index contributed by atoms with van der Waals surface area (Å²) in [4.78, 5) is 14.2. The van der Waals surface area contributed by atoms with Crippen molar-refractivity contribution in [3.63, 3.8) is 0 Å². The molecule has 0 aliphatic heterocycles. The van der Waals surface area contributed by atoms with Gasteiger partial charge < -0.3 is 0 Å². The van der Waals surface area contributed by atoms with E-state index in [0.29, 0.717) is 0 Å². The minimum absolute atomic E-state index is 0.0950. The van der Waals surface area contributed by atoms with Crippen molar-refractivity contribution in [3.05, 3.63) is 75.5 Å². The molecule has 1 aromatic heterocycles. The largest absolute Gasteiger partial charge is 0.288 e. The van der Waals surface area contributed by atoms with Crippen molar-refractivity contribution >= 4 is 23.2 Å². The predicted molar refractivity (Wildman–Crippen MR) is 101 cm³/mol. The fourth-order valence-electron chi connectivity index (χ4n) is 2.38. The number of aryl methyl sites for hydroxylation is 1. The number of hydrogen-bond acceptors (Lipinski definition) is 2. The molecule has 1 heterocycles. The van der Waals surface area contributed by atoms with E-state index in [1.54, 1.807) is 17.4 Å². The molecule has 120 valence electrons. The third-order valence-electron chi connectivity index (χ3n) is 3.65. The van der Waals surface area contributed by atoms with E-state index in [1.165, 1.54) is 28.9 Å². The second-order valence-corrected chi connectivity index (χ2v) is 6.98. The molecular weight excluding hydrogens is 300 g/mol. The molecule has 2 rings (SSSR count). The lowest BCUT2D eigenvalue weighted by atomic mass is 10.0. The lowest BCUT2D eigenvalue weighted by Crippen LogP contribution is -1.90. The Kier molecular flexibility index (Phi) is 7.02. The monoisotopic (exact) mass is 324 g/mol. The third kappa shape index (κ3) is 5.99. The minimum atomic E-state index is 0.0950. The smallest absolute Gasteiger partial charge is 0.195 e. The second-order valence-electron chi connectivity index (χ2n) is 5.69. The Morgan fingerprint density at radius 1 is 1.04 bits per heavy atom. The molecular formula is C21H24OS. The van der Waals surface area contributed by atoms with Crippen LogP contribution < -0.4 is 0 Å². The molecule has 2 aromatic rings. The summed E-state index contributed by atoms with van der Waals surface area (Å²) in [5, 5.41) is 0. The van der Waals surface area contributed by atoms with Crippen LogP contribution in [-0.4, -0.2) is 5.78 Å². The van der Waals surface area contributed by atoms with Gasteiger partial charge in [-0.1, -0.05) is 62.2 Å². The van der Waals surface area contributed by atoms with Crippen LogP contribution in [0.2, 0.25) is 0 Å². The van der Waals surface area contributed by atoms with E-state index in [0.717, 1.165) is 17.7 Å². The lowest BCUT2D eigenvalue weighted by Gasteiger charge is -2.03. The zero-order valence-corrected chi connectivity index (χ0v) is 14.7. The number of thiophene rings is 1. The molecule has 0 radical (unpaired) electrons. The van der Waals surface area contributed by atoms with Gasteiger partial charge >= 0.3 is 0 Å². The van der Waals surface area contributed by atoms with Crippen molar-refractivity contribution in [2.24, 2.45) is 0 Å². The number of carbonyl (C=O) groups is 1. The van der Waals surface area contributed by atoms with Gasteiger partial charge in [0, 0.05) is 4.88 Å². The Hall–Kier alpha value is -1.93. The number of ketones is 1. The Morgan fingerprint density at radius 3 is 2.48 bits per heavy atom. The normalized spacial score (nSPS) is 12.0. The van der Waals surface area contributed by atoms with Gasteiger partial charge in [0.05, 0.1) is 4.88 Å². The maximum absolute atomic E-state index is 12.2. The molecule has 0 aliphatic carbocycles. The van der Waals surface area contributed by atoms with Crippen molar-refractivity contribution in [2.75, 3.05) is 0 Å². The highest BCUT2D eigenvalue weighted by Gasteiger charge is 2.04. The second kappa shape index (κ2) is 9.26. The SMILES string of the molecule is CCCCCC(=C/c1ccccc1)/C=C/C(=O)c1ccc(C)s1. The fourth-order valence-corrected chi connectivity index (χ4v) is 3.17. The van der Waals surface area contributed by atoms with Crippen LogP contribution in [0.15, 0.2) is 60.2 Å². The van der Waals surface area contributed by atoms with Crippen molar-refractivity contribution in [1.29, 1.82) is 0 Å². The summed E-state index contributed by atoms with van der Waals surface area (Å²) < 4.78 is 0. The molecule has 0 saturated heterocycles. The predicted octanol–water partition coefficient (Wildman–Crippen LogP) is 6.46. The first-order valence-electron chi connectivity index (χ1n) is 8.23. The van der Waals surface area contributed by atoms with E-state index in [-0.39, 0.29) is 5.78 Å². The highest BCUT2D eigenvalue weighted by Crippen LogP contribution is 2.18. The van der Waals surface area contributed by atoms with Crippen LogP contribution in [0.4, 0.5) is 0 Å². The molecule has 0 aliphatic rings. The number of rotatable bonds is 8. The zero-order chi connectivity index (χ0) is 16.5. The van der Waals surface area contributed by atoms with Crippen LogP contribution in [0.3, 0.4) is 0 Å². The van der Waals surface area contributed by atoms with Crippen LogP contribution in [0, 0.1) is 6.92 Å². The minimum Gasteiger partial charge on any atom is -0.288 e. The number of unbranched alkanes of at least 4 members (excludes halogenated alkanes) is 2. The summed E-state index contributed by atoms with van der Waals surface area (Å²) in [5.41, 5.74) is 2.40. The number of allylic oxidation sites excluding steroid dienone is 3. The molecule has 1 aromatic carbocycles. The number of benzene rings is 1. The Bertz CT molecular complexity index is 677. The zero-order valence-electron chi connectivity index (χ0n) is 13.9. The van der Waals surface area contributed by atoms with E-state index in [4.69, 9.17) is 0 Å². The van der Waals surface area contributed by atoms with Gasteiger partial charge in [-0.2, -0.15) is 0 Å². The van der Waals surface area contributed by atoms with Crippen LogP contribution >= 0.6 is 11.3 Å². The van der Waals surface area contributed by atoms with Gasteiger partial charge in [-0.15, -0.1) is 11.3 Å². The maximum Gasteiger partial charge on any atom is 0.195 e. The van der Waals surface area contributed by atoms with Crippen molar-refractivity contribution in [1.82, 2.24) is 0 Å². The number of carbonyl (C=O) groups excluding carboxylic acids is 1. The Morgan fingerprint density at radius 2 is 1.83 bits per heavy atom. The average molecular weight is 324 g/mol. The Balaban J connectivity index is 2.11. The standard InChI is InChI=1S/C21H24OS/c1-3-4-6-9-19(16-18-10-7-5-8-11-18)13-14-20(22)21-15-12-17(2)23-21/h5,7-8,10-16H,3-4,6,9H2,1-2H3/b14-13+,19-16-. The number of hydrogen-bond donors (Lipinski definition) is 0. The summed E-state index contributed by atoms with van der Waals surface area (Å²) in [6, 6.07) is 14.2. The van der Waals surface area contributed by atoms with Crippen LogP contribution in [0.5, 0.6) is 0 Å². The molecule has 2 heteroatoms. The van der Waals surface area contributed by atoms with Gasteiger partial charge in [0.15, 0.2) is 5.78 Å². The molecule has 0 unspecified atom stereocenters. The molecule has 0 saturated carbocycles. The fraction of sp³-hybridized carbons (Fsp3) is 0.286. The molecule has 0 amide bonds. The summed E-state index contributed by atoms with van der Waals surface area (Å²) in [6.45, 7) is 4.23. The molecule has 0 N–H and O–H groups in total. The van der Waals surface area contributed by atoms with Gasteiger partial charge in [0.1, 0.15) is 0 Å². The molecule has 0 bridgehead atoms. The average Bonchev–Trinajstić information content (AvgIpc) is 3.00. The molecule has 0 atom stereocenters. The maximum atomic E-state index is 12.2. The molecule has 23 heavy (non-hydrogen) atoms. The molecule has 0 spiro atoms. The third-order valence-corrected chi connectivity index (χ3v) is 4.67. The van der Waals surface area contributed by atoms with Gasteiger partial charge in [-0.05, 0) is 49.1 Å². The highest BCUT2D eigenvalue weighted by molar-refractivity contribution is 7.14. The van der Waals surface area contributed by atoms with Crippen molar-refractivity contribution < 1.29 is 4.79 Å². The summed E-state index contributed by atoms with van der Waals surface area (Å²) in [6.07, 6.45) is 10.5. The van der Waals surface area contributed by atoms with Crippen molar-refractivity contribution in [3.8, 4) is 0 Å². The van der Waals surface area contributed by atoms with E-state index in [9.17, 15) is 4.79 Å². The topological polar surface area (TPSA) is 17.1 Å². The summed E-state index contributed by atoms with van der Waals surface area (Å²) in [5.74, 6) is 0.0950. The Labute approximate surface area is 143 Å². The first-order valence-corrected chi connectivity index (χ1v) is 9.05. The van der Waals surface area contributed by atoms with E-state index >= 15 is 0 Å². The van der Waals surface area contributed by atoms with Gasteiger partial charge in [-0.25, -0.2) is 0 Å². The first kappa shape index (κ1) is 17.4. The quantitative estimate of drug-likeness (QED) is 0.236. The summed E-state index contributed by atoms with van der Waals surface area (Å²) in [7, 11) is 0. The molecule has 1 nitrogen and oxygen atoms in total. The van der Waals surface area contributed by atoms with Gasteiger partial charge in [0.2, 0.25) is 0 Å². The first-order chi connectivity index (χ1) is 11.2. The lowest BCUT2D eigenvalue weighted by molar-refractivity contribution is 0.105. The summed E-state index contributed by atoms with van der Waals surface area (Å²) >= 11 is 1.55. The van der Waals surface area contributed by atoms with E-state index in [1.807, 2.05) is 43.3 Å². The van der Waals surface area contributed by atoms with Crippen LogP contribution in [0.25, 0.3) is 6.08 Å². The van der Waals surface area contributed by atoms with E-state index in [2.05, 4.69) is 25.1 Å². The van der Waals surface area contributed by atoms with E-state index < -0.39 is 0 Å². The van der Waals surface area contributed by atoms with Crippen LogP contribution in [0.1, 0.15) is 52.7 Å². The van der Waals surface area contributed by atoms with Crippen LogP contribution in [-0.2, 0) is 0 Å². The van der Waals surface area contributed by atoms with Gasteiger partial charge in [0.25, 0.3) is 0 Å². The molecule has 0 fully saturated rings.